The first-order valence-corrected chi connectivity index (χ1v) is 7.65. The zero-order chi connectivity index (χ0) is 15.1. The Morgan fingerprint density at radius 1 is 1.48 bits per heavy atom. The Hall–Kier alpha value is -1.46. The van der Waals surface area contributed by atoms with Crippen molar-refractivity contribution >= 4 is 11.6 Å². The van der Waals surface area contributed by atoms with E-state index >= 15 is 0 Å². The van der Waals surface area contributed by atoms with Gasteiger partial charge in [-0.3, -0.25) is 4.79 Å². The number of amides is 1. The number of anilines is 1. The molecule has 1 fully saturated rings. The summed E-state index contributed by atoms with van der Waals surface area (Å²) in [7, 11) is 0. The van der Waals surface area contributed by atoms with Crippen molar-refractivity contribution in [3.05, 3.63) is 30.1 Å². The Morgan fingerprint density at radius 2 is 2.33 bits per heavy atom. The molecule has 1 aliphatic heterocycles. The minimum Gasteiger partial charge on any atom is -0.330 e. The van der Waals surface area contributed by atoms with Crippen molar-refractivity contribution in [1.82, 2.24) is 4.90 Å². The van der Waals surface area contributed by atoms with Gasteiger partial charge in [-0.2, -0.15) is 0 Å². The summed E-state index contributed by atoms with van der Waals surface area (Å²) in [6.45, 7) is 3.57. The molecule has 1 aromatic carbocycles. The predicted octanol–water partition coefficient (Wildman–Crippen LogP) is 2.22. The normalized spacial score (nSPS) is 19.4. The second kappa shape index (κ2) is 8.10. The van der Waals surface area contributed by atoms with Gasteiger partial charge in [-0.05, 0) is 56.5 Å². The fraction of sp³-hybridized carbons (Fsp3) is 0.562. The lowest BCUT2D eigenvalue weighted by atomic mass is 9.95. The first-order chi connectivity index (χ1) is 10.2. The second-order valence-corrected chi connectivity index (χ2v) is 5.69. The van der Waals surface area contributed by atoms with Gasteiger partial charge in [0.2, 0.25) is 5.91 Å². The molecule has 1 atom stereocenters. The average Bonchev–Trinajstić information content (AvgIpc) is 2.46. The third kappa shape index (κ3) is 5.44. The van der Waals surface area contributed by atoms with Crippen molar-refractivity contribution in [2.24, 2.45) is 11.7 Å². The summed E-state index contributed by atoms with van der Waals surface area (Å²) in [4.78, 5) is 14.2. The largest absolute Gasteiger partial charge is 0.330 e. The summed E-state index contributed by atoms with van der Waals surface area (Å²) in [6, 6.07) is 5.98. The van der Waals surface area contributed by atoms with E-state index in [0.29, 0.717) is 18.0 Å². The number of carbonyl (C=O) groups excluding carboxylic acids is 1. The summed E-state index contributed by atoms with van der Waals surface area (Å²) >= 11 is 0. The summed E-state index contributed by atoms with van der Waals surface area (Å²) in [5, 5.41) is 2.73. The Labute approximate surface area is 125 Å². The number of nitrogens with one attached hydrogen (secondary N) is 1. The fourth-order valence-electron chi connectivity index (χ4n) is 2.88. The van der Waals surface area contributed by atoms with Gasteiger partial charge in [0.1, 0.15) is 5.82 Å². The van der Waals surface area contributed by atoms with Crippen LogP contribution in [0, 0.1) is 11.7 Å². The van der Waals surface area contributed by atoms with Gasteiger partial charge in [0.15, 0.2) is 0 Å². The average molecular weight is 293 g/mol. The lowest BCUT2D eigenvalue weighted by Gasteiger charge is -2.32. The summed E-state index contributed by atoms with van der Waals surface area (Å²) in [6.07, 6.45) is 3.91. The van der Waals surface area contributed by atoms with Crippen molar-refractivity contribution in [2.45, 2.75) is 25.7 Å². The molecule has 4 nitrogen and oxygen atoms in total. The summed E-state index contributed by atoms with van der Waals surface area (Å²) in [5.41, 5.74) is 6.13. The zero-order valence-electron chi connectivity index (χ0n) is 12.4. The van der Waals surface area contributed by atoms with Crippen LogP contribution in [0.15, 0.2) is 24.3 Å². The van der Waals surface area contributed by atoms with Crippen molar-refractivity contribution in [3.8, 4) is 0 Å². The topological polar surface area (TPSA) is 58.4 Å². The minimum atomic E-state index is -0.339. The monoisotopic (exact) mass is 293 g/mol. The molecule has 0 radical (unpaired) electrons. The van der Waals surface area contributed by atoms with E-state index < -0.39 is 0 Å². The standard InChI is InChI=1S/C16H24FN3O/c17-14-4-1-5-15(11-14)19-16(21)7-10-20-9-2-3-13(12-20)6-8-18/h1,4-5,11,13H,2-3,6-10,12,18H2,(H,19,21). The SMILES string of the molecule is NCCC1CCCN(CCC(=O)Nc2cccc(F)c2)C1. The van der Waals surface area contributed by atoms with E-state index in [1.807, 2.05) is 0 Å². The second-order valence-electron chi connectivity index (χ2n) is 5.69. The highest BCUT2D eigenvalue weighted by Crippen LogP contribution is 2.19. The first kappa shape index (κ1) is 15.9. The van der Waals surface area contributed by atoms with Gasteiger partial charge in [-0.25, -0.2) is 4.39 Å². The lowest BCUT2D eigenvalue weighted by Crippen LogP contribution is -2.37. The van der Waals surface area contributed by atoms with Crippen LogP contribution in [0.1, 0.15) is 25.7 Å². The molecule has 1 aliphatic rings. The smallest absolute Gasteiger partial charge is 0.225 e. The Morgan fingerprint density at radius 3 is 3.10 bits per heavy atom. The molecule has 1 saturated heterocycles. The molecule has 5 heteroatoms. The third-order valence-corrected chi connectivity index (χ3v) is 3.94. The van der Waals surface area contributed by atoms with Gasteiger partial charge >= 0.3 is 0 Å². The van der Waals surface area contributed by atoms with Crippen LogP contribution >= 0.6 is 0 Å². The Kier molecular flexibility index (Phi) is 6.14. The molecule has 1 unspecified atom stereocenters. The summed E-state index contributed by atoms with van der Waals surface area (Å²) in [5.74, 6) is 0.255. The maximum Gasteiger partial charge on any atom is 0.225 e. The van der Waals surface area contributed by atoms with Gasteiger partial charge in [-0.1, -0.05) is 6.07 Å². The van der Waals surface area contributed by atoms with Crippen LogP contribution in [0.4, 0.5) is 10.1 Å². The number of likely N-dealkylation sites (tertiary alicyclic amines) is 1. The van der Waals surface area contributed by atoms with Gasteiger partial charge in [0.05, 0.1) is 0 Å². The van der Waals surface area contributed by atoms with Crippen LogP contribution in [0.2, 0.25) is 0 Å². The number of rotatable bonds is 6. The maximum atomic E-state index is 13.0. The molecule has 1 heterocycles. The molecule has 0 aliphatic carbocycles. The van der Waals surface area contributed by atoms with E-state index in [2.05, 4.69) is 10.2 Å². The van der Waals surface area contributed by atoms with Crippen molar-refractivity contribution in [2.75, 3.05) is 31.5 Å². The molecule has 0 spiro atoms. The number of carbonyl (C=O) groups is 1. The molecule has 2 rings (SSSR count). The highest BCUT2D eigenvalue weighted by molar-refractivity contribution is 5.90. The fourth-order valence-corrected chi connectivity index (χ4v) is 2.88. The maximum absolute atomic E-state index is 13.0. The molecular formula is C16H24FN3O. The van der Waals surface area contributed by atoms with E-state index in [9.17, 15) is 9.18 Å². The van der Waals surface area contributed by atoms with E-state index in [1.54, 1.807) is 12.1 Å². The molecule has 1 aromatic rings. The predicted molar refractivity (Wildman–Crippen MR) is 82.5 cm³/mol. The van der Waals surface area contributed by atoms with Crippen LogP contribution in [0.3, 0.4) is 0 Å². The van der Waals surface area contributed by atoms with Crippen molar-refractivity contribution < 1.29 is 9.18 Å². The number of nitrogens with two attached hydrogens (primary N) is 1. The third-order valence-electron chi connectivity index (χ3n) is 3.94. The van der Waals surface area contributed by atoms with Crippen molar-refractivity contribution in [1.29, 1.82) is 0 Å². The minimum absolute atomic E-state index is 0.0680. The highest BCUT2D eigenvalue weighted by Gasteiger charge is 2.19. The molecule has 0 saturated carbocycles. The zero-order valence-corrected chi connectivity index (χ0v) is 12.4. The Bertz CT molecular complexity index is 465. The Balaban J connectivity index is 1.73. The number of hydrogen-bond donors (Lipinski definition) is 2. The van der Waals surface area contributed by atoms with Crippen LogP contribution < -0.4 is 11.1 Å². The highest BCUT2D eigenvalue weighted by atomic mass is 19.1. The van der Waals surface area contributed by atoms with Gasteiger partial charge in [-0.15, -0.1) is 0 Å². The van der Waals surface area contributed by atoms with Gasteiger partial charge < -0.3 is 16.0 Å². The quantitative estimate of drug-likeness (QED) is 0.845. The van der Waals surface area contributed by atoms with Crippen LogP contribution in [0.5, 0.6) is 0 Å². The van der Waals surface area contributed by atoms with Crippen LogP contribution in [-0.2, 0) is 4.79 Å². The van der Waals surface area contributed by atoms with E-state index in [1.165, 1.54) is 25.0 Å². The molecule has 0 bridgehead atoms. The van der Waals surface area contributed by atoms with Crippen LogP contribution in [0.25, 0.3) is 0 Å². The van der Waals surface area contributed by atoms with Crippen LogP contribution in [-0.4, -0.2) is 37.0 Å². The van der Waals surface area contributed by atoms with E-state index in [0.717, 1.165) is 32.6 Å². The molecule has 21 heavy (non-hydrogen) atoms. The molecule has 1 amide bonds. The molecular weight excluding hydrogens is 269 g/mol. The molecule has 0 aromatic heterocycles. The lowest BCUT2D eigenvalue weighted by molar-refractivity contribution is -0.116. The number of benzene rings is 1. The molecule has 3 N–H and O–H groups in total. The first-order valence-electron chi connectivity index (χ1n) is 7.65. The summed E-state index contributed by atoms with van der Waals surface area (Å²) < 4.78 is 13.0. The number of nitrogens with zero attached hydrogens (tertiary/aromatic N) is 1. The number of hydrogen-bond acceptors (Lipinski definition) is 3. The number of piperidine rings is 1. The van der Waals surface area contributed by atoms with Gasteiger partial charge in [0.25, 0.3) is 0 Å². The van der Waals surface area contributed by atoms with Gasteiger partial charge in [0, 0.05) is 25.2 Å². The molecule has 116 valence electrons. The van der Waals surface area contributed by atoms with Crippen molar-refractivity contribution in [3.63, 3.8) is 0 Å². The number of halogens is 1. The van der Waals surface area contributed by atoms with E-state index in [4.69, 9.17) is 5.73 Å². The van der Waals surface area contributed by atoms with E-state index in [-0.39, 0.29) is 11.7 Å².